The number of hydrogen-bond acceptors (Lipinski definition) is 2. The highest BCUT2D eigenvalue weighted by Crippen LogP contribution is 2.27. The minimum Gasteiger partial charge on any atom is -0.378 e. The van der Waals surface area contributed by atoms with E-state index in [-0.39, 0.29) is 12.4 Å². The lowest BCUT2D eigenvalue weighted by Crippen LogP contribution is -2.30. The van der Waals surface area contributed by atoms with Crippen LogP contribution in [0.3, 0.4) is 0 Å². The topological polar surface area (TPSA) is 23.5 Å². The van der Waals surface area contributed by atoms with Crippen LogP contribution in [0, 0.1) is 11.8 Å². The third kappa shape index (κ3) is 6.17. The Morgan fingerprint density at radius 1 is 0.947 bits per heavy atom. The predicted octanol–water partition coefficient (Wildman–Crippen LogP) is 3.37. The van der Waals surface area contributed by atoms with Gasteiger partial charge in [-0.2, -0.15) is 0 Å². The molecule has 2 nitrogen and oxygen atoms in total. The minimum absolute atomic E-state index is 0. The van der Waals surface area contributed by atoms with Crippen LogP contribution in [0.5, 0.6) is 0 Å². The molecule has 0 amide bonds. The van der Waals surface area contributed by atoms with Crippen LogP contribution in [0.2, 0.25) is 0 Å². The van der Waals surface area contributed by atoms with Gasteiger partial charge < -0.3 is 10.0 Å². The first-order valence-corrected chi connectivity index (χ1v) is 7.73. The van der Waals surface area contributed by atoms with Crippen molar-refractivity contribution in [1.82, 2.24) is 4.90 Å². The van der Waals surface area contributed by atoms with E-state index in [2.05, 4.69) is 16.7 Å². The van der Waals surface area contributed by atoms with Gasteiger partial charge in [-0.1, -0.05) is 18.8 Å². The van der Waals surface area contributed by atoms with E-state index in [1.807, 2.05) is 0 Å². The Hall–Kier alpha value is -0.230. The monoisotopic (exact) mass is 285 g/mol. The maximum absolute atomic E-state index is 10.2. The average Bonchev–Trinajstić information content (AvgIpc) is 2.40. The number of aliphatic hydroxyl groups is 1. The standard InChI is InChI=1S/C16H27NO.ClH/c18-16(10-4-1-5-11-16)12-6-2-7-13-17-14-8-3-9-15-17;/h18H,1-5,7-11,13-15H2;1H. The SMILES string of the molecule is Cl.OC1(C#CCCCN2CCCCC2)CCCCC1. The lowest BCUT2D eigenvalue weighted by molar-refractivity contribution is 0.0609. The van der Waals surface area contributed by atoms with Gasteiger partial charge in [0, 0.05) is 6.42 Å². The zero-order valence-electron chi connectivity index (χ0n) is 12.0. The van der Waals surface area contributed by atoms with Crippen LogP contribution >= 0.6 is 12.4 Å². The van der Waals surface area contributed by atoms with E-state index in [9.17, 15) is 5.11 Å². The molecular formula is C16H28ClNO. The summed E-state index contributed by atoms with van der Waals surface area (Å²) in [5.74, 6) is 6.33. The first-order chi connectivity index (χ1) is 8.79. The summed E-state index contributed by atoms with van der Waals surface area (Å²) in [5.41, 5.74) is -0.649. The van der Waals surface area contributed by atoms with Crippen molar-refractivity contribution < 1.29 is 5.11 Å². The van der Waals surface area contributed by atoms with Crippen molar-refractivity contribution in [3.63, 3.8) is 0 Å². The Labute approximate surface area is 124 Å². The van der Waals surface area contributed by atoms with Crippen LogP contribution in [-0.4, -0.2) is 35.2 Å². The van der Waals surface area contributed by atoms with Gasteiger partial charge in [-0.05, 0) is 64.6 Å². The minimum atomic E-state index is -0.649. The second-order valence-electron chi connectivity index (χ2n) is 5.90. The second kappa shape index (κ2) is 8.84. The van der Waals surface area contributed by atoms with Crippen LogP contribution in [0.1, 0.15) is 64.2 Å². The number of unbranched alkanes of at least 4 members (excludes halogenated alkanes) is 1. The molecule has 0 radical (unpaired) electrons. The Balaban J connectivity index is 0.00000180. The summed E-state index contributed by atoms with van der Waals surface area (Å²) in [7, 11) is 0. The van der Waals surface area contributed by atoms with E-state index >= 15 is 0 Å². The molecule has 1 saturated heterocycles. The molecule has 0 spiro atoms. The maximum atomic E-state index is 10.2. The van der Waals surface area contributed by atoms with Crippen molar-refractivity contribution in [1.29, 1.82) is 0 Å². The van der Waals surface area contributed by atoms with Crippen molar-refractivity contribution in [2.45, 2.75) is 69.8 Å². The molecule has 1 heterocycles. The molecule has 0 aromatic heterocycles. The Bertz CT molecular complexity index is 296. The summed E-state index contributed by atoms with van der Waals surface area (Å²) in [5, 5.41) is 10.2. The van der Waals surface area contributed by atoms with E-state index < -0.39 is 5.60 Å². The van der Waals surface area contributed by atoms with Gasteiger partial charge in [0.1, 0.15) is 5.60 Å². The molecule has 2 rings (SSSR count). The smallest absolute Gasteiger partial charge is 0.125 e. The molecule has 1 N–H and O–H groups in total. The fourth-order valence-corrected chi connectivity index (χ4v) is 3.06. The summed E-state index contributed by atoms with van der Waals surface area (Å²) in [6.45, 7) is 3.74. The van der Waals surface area contributed by atoms with Gasteiger partial charge in [0.25, 0.3) is 0 Å². The van der Waals surface area contributed by atoms with E-state index in [1.165, 1.54) is 45.3 Å². The lowest BCUT2D eigenvalue weighted by atomic mass is 9.85. The molecule has 0 unspecified atom stereocenters. The fraction of sp³-hybridized carbons (Fsp3) is 0.875. The quantitative estimate of drug-likeness (QED) is 0.635. The van der Waals surface area contributed by atoms with Crippen molar-refractivity contribution in [2.75, 3.05) is 19.6 Å². The van der Waals surface area contributed by atoms with Crippen LogP contribution in [-0.2, 0) is 0 Å². The highest BCUT2D eigenvalue weighted by atomic mass is 35.5. The summed E-state index contributed by atoms with van der Waals surface area (Å²) in [4.78, 5) is 2.56. The number of rotatable bonds is 3. The average molecular weight is 286 g/mol. The number of halogens is 1. The Morgan fingerprint density at radius 2 is 1.58 bits per heavy atom. The van der Waals surface area contributed by atoms with E-state index in [0.717, 1.165) is 38.5 Å². The van der Waals surface area contributed by atoms with Crippen LogP contribution < -0.4 is 0 Å². The summed E-state index contributed by atoms with van der Waals surface area (Å²) in [6.07, 6.45) is 11.5. The predicted molar refractivity (Wildman–Crippen MR) is 82.6 cm³/mol. The molecule has 19 heavy (non-hydrogen) atoms. The number of nitrogens with zero attached hydrogens (tertiary/aromatic N) is 1. The van der Waals surface area contributed by atoms with Gasteiger partial charge >= 0.3 is 0 Å². The van der Waals surface area contributed by atoms with Crippen molar-refractivity contribution in [3.8, 4) is 11.8 Å². The zero-order valence-corrected chi connectivity index (χ0v) is 12.8. The fourth-order valence-electron chi connectivity index (χ4n) is 3.06. The van der Waals surface area contributed by atoms with Crippen LogP contribution in [0.4, 0.5) is 0 Å². The summed E-state index contributed by atoms with van der Waals surface area (Å²) < 4.78 is 0. The van der Waals surface area contributed by atoms with Gasteiger partial charge in [-0.15, -0.1) is 18.3 Å². The highest BCUT2D eigenvalue weighted by molar-refractivity contribution is 5.85. The van der Waals surface area contributed by atoms with Crippen molar-refractivity contribution >= 4 is 12.4 Å². The Morgan fingerprint density at radius 3 is 2.26 bits per heavy atom. The maximum Gasteiger partial charge on any atom is 0.125 e. The number of hydrogen-bond donors (Lipinski definition) is 1. The lowest BCUT2D eigenvalue weighted by Gasteiger charge is -2.26. The van der Waals surface area contributed by atoms with Gasteiger partial charge in [0.15, 0.2) is 0 Å². The molecule has 3 heteroatoms. The van der Waals surface area contributed by atoms with E-state index in [0.29, 0.717) is 0 Å². The first-order valence-electron chi connectivity index (χ1n) is 7.73. The number of piperidine rings is 1. The molecule has 0 bridgehead atoms. The first kappa shape index (κ1) is 16.8. The van der Waals surface area contributed by atoms with E-state index in [1.54, 1.807) is 0 Å². The van der Waals surface area contributed by atoms with Crippen molar-refractivity contribution in [3.05, 3.63) is 0 Å². The molecule has 1 aliphatic heterocycles. The number of likely N-dealkylation sites (tertiary alicyclic amines) is 1. The van der Waals surface area contributed by atoms with E-state index in [4.69, 9.17) is 0 Å². The molecule has 2 aliphatic rings. The van der Waals surface area contributed by atoms with Gasteiger partial charge in [0.05, 0.1) is 0 Å². The second-order valence-corrected chi connectivity index (χ2v) is 5.90. The molecule has 1 aliphatic carbocycles. The summed E-state index contributed by atoms with van der Waals surface area (Å²) >= 11 is 0. The third-order valence-electron chi connectivity index (χ3n) is 4.23. The van der Waals surface area contributed by atoms with Crippen LogP contribution in [0.15, 0.2) is 0 Å². The Kier molecular flexibility index (Phi) is 7.83. The van der Waals surface area contributed by atoms with Gasteiger partial charge in [-0.3, -0.25) is 0 Å². The molecule has 110 valence electrons. The van der Waals surface area contributed by atoms with Gasteiger partial charge in [0.2, 0.25) is 0 Å². The van der Waals surface area contributed by atoms with Gasteiger partial charge in [-0.25, -0.2) is 0 Å². The van der Waals surface area contributed by atoms with Crippen LogP contribution in [0.25, 0.3) is 0 Å². The molecule has 0 aromatic rings. The molecule has 1 saturated carbocycles. The zero-order chi connectivity index (χ0) is 12.7. The largest absolute Gasteiger partial charge is 0.378 e. The normalized spacial score (nSPS) is 23.0. The molecular weight excluding hydrogens is 258 g/mol. The highest BCUT2D eigenvalue weighted by Gasteiger charge is 2.26. The molecule has 0 aromatic carbocycles. The third-order valence-corrected chi connectivity index (χ3v) is 4.23. The molecule has 2 fully saturated rings. The summed E-state index contributed by atoms with van der Waals surface area (Å²) in [6, 6.07) is 0. The molecule has 0 atom stereocenters. The van der Waals surface area contributed by atoms with Crippen molar-refractivity contribution in [2.24, 2.45) is 0 Å².